The number of hydrazine groups is 1. The Balaban J connectivity index is 2.20. The van der Waals surface area contributed by atoms with Gasteiger partial charge >= 0.3 is 5.97 Å². The van der Waals surface area contributed by atoms with Gasteiger partial charge in [-0.05, 0) is 6.08 Å². The molecule has 6 nitrogen and oxygen atoms in total. The Morgan fingerprint density at radius 1 is 1.40 bits per heavy atom. The standard InChI is InChI=1S/C8H11BrN2O4/c9-5-1-6(12)10-2-4(8(14)15)3-11(10)7(5)13/h1,4,6-7,12-13H,2-3H2,(H,14,15). The summed E-state index contributed by atoms with van der Waals surface area (Å²) < 4.78 is 0.456. The SMILES string of the molecule is O=C(O)C1CN2C(O)C=C(Br)C(O)N2C1. The first-order valence-corrected chi connectivity index (χ1v) is 5.29. The van der Waals surface area contributed by atoms with Gasteiger partial charge in [0.05, 0.1) is 5.92 Å². The number of nitrogens with zero attached hydrogens (tertiary/aromatic N) is 2. The second kappa shape index (κ2) is 3.84. The van der Waals surface area contributed by atoms with Gasteiger partial charge in [-0.15, -0.1) is 0 Å². The number of hydrogen-bond donors (Lipinski definition) is 3. The zero-order valence-corrected chi connectivity index (χ0v) is 9.33. The van der Waals surface area contributed by atoms with E-state index in [1.54, 1.807) is 0 Å². The average Bonchev–Trinajstić information content (AvgIpc) is 2.59. The zero-order valence-electron chi connectivity index (χ0n) is 7.75. The van der Waals surface area contributed by atoms with E-state index in [0.717, 1.165) is 0 Å². The topological polar surface area (TPSA) is 84.2 Å². The Hall–Kier alpha value is -0.470. The van der Waals surface area contributed by atoms with E-state index in [1.165, 1.54) is 16.1 Å². The summed E-state index contributed by atoms with van der Waals surface area (Å²) in [5.74, 6) is -1.50. The molecule has 0 amide bonds. The van der Waals surface area contributed by atoms with Crippen LogP contribution in [-0.4, -0.2) is 56.9 Å². The summed E-state index contributed by atoms with van der Waals surface area (Å²) in [6, 6.07) is 0. The van der Waals surface area contributed by atoms with Gasteiger partial charge in [0.25, 0.3) is 0 Å². The van der Waals surface area contributed by atoms with Gasteiger partial charge in [-0.1, -0.05) is 15.9 Å². The van der Waals surface area contributed by atoms with Crippen LogP contribution in [0.2, 0.25) is 0 Å². The molecule has 0 saturated carbocycles. The summed E-state index contributed by atoms with van der Waals surface area (Å²) in [5.41, 5.74) is 0. The van der Waals surface area contributed by atoms with E-state index in [0.29, 0.717) is 4.48 Å². The highest BCUT2D eigenvalue weighted by Gasteiger charge is 2.43. The molecular weight excluding hydrogens is 268 g/mol. The van der Waals surface area contributed by atoms with Crippen LogP contribution in [-0.2, 0) is 4.79 Å². The van der Waals surface area contributed by atoms with Crippen molar-refractivity contribution in [3.8, 4) is 0 Å². The minimum atomic E-state index is -0.917. The van der Waals surface area contributed by atoms with Crippen LogP contribution in [0.25, 0.3) is 0 Å². The number of aliphatic hydroxyl groups is 2. The average molecular weight is 279 g/mol. The highest BCUT2D eigenvalue weighted by molar-refractivity contribution is 9.11. The molecule has 2 aliphatic rings. The summed E-state index contributed by atoms with van der Waals surface area (Å²) in [4.78, 5) is 10.8. The Labute approximate surface area is 94.5 Å². The number of aliphatic carboxylic acids is 1. The smallest absolute Gasteiger partial charge is 0.309 e. The van der Waals surface area contributed by atoms with Gasteiger partial charge in [0.1, 0.15) is 6.23 Å². The van der Waals surface area contributed by atoms with Crippen LogP contribution in [0.15, 0.2) is 10.6 Å². The van der Waals surface area contributed by atoms with Crippen LogP contribution in [0.3, 0.4) is 0 Å². The third kappa shape index (κ3) is 1.81. The highest BCUT2D eigenvalue weighted by Crippen LogP contribution is 2.30. The summed E-state index contributed by atoms with van der Waals surface area (Å²) in [6.45, 7) is 0.417. The number of hydrogen-bond acceptors (Lipinski definition) is 5. The molecule has 3 atom stereocenters. The van der Waals surface area contributed by atoms with E-state index in [9.17, 15) is 15.0 Å². The maximum atomic E-state index is 10.8. The van der Waals surface area contributed by atoms with Gasteiger partial charge in [0.15, 0.2) is 6.23 Å². The van der Waals surface area contributed by atoms with Crippen LogP contribution >= 0.6 is 15.9 Å². The summed E-state index contributed by atoms with van der Waals surface area (Å²) in [6.07, 6.45) is -0.337. The Morgan fingerprint density at radius 3 is 2.60 bits per heavy atom. The molecule has 2 heterocycles. The number of carboxylic acids is 1. The second-order valence-electron chi connectivity index (χ2n) is 3.62. The molecule has 1 saturated heterocycles. The summed E-state index contributed by atoms with van der Waals surface area (Å²) in [5, 5.41) is 31.1. The van der Waals surface area contributed by atoms with Gasteiger partial charge < -0.3 is 15.3 Å². The van der Waals surface area contributed by atoms with Crippen molar-refractivity contribution in [1.29, 1.82) is 0 Å². The fourth-order valence-electron chi connectivity index (χ4n) is 1.83. The molecule has 3 unspecified atom stereocenters. The molecule has 2 rings (SSSR count). The van der Waals surface area contributed by atoms with Crippen LogP contribution in [0.1, 0.15) is 0 Å². The minimum Gasteiger partial charge on any atom is -0.481 e. The van der Waals surface area contributed by atoms with Crippen LogP contribution < -0.4 is 0 Å². The lowest BCUT2D eigenvalue weighted by molar-refractivity contribution is -0.158. The van der Waals surface area contributed by atoms with Crippen molar-refractivity contribution in [2.45, 2.75) is 12.5 Å². The number of aliphatic hydroxyl groups excluding tert-OH is 2. The number of halogens is 1. The van der Waals surface area contributed by atoms with Crippen molar-refractivity contribution < 1.29 is 20.1 Å². The molecular formula is C8H11BrN2O4. The molecule has 0 radical (unpaired) electrons. The third-order valence-corrected chi connectivity index (χ3v) is 3.31. The lowest BCUT2D eigenvalue weighted by atomic mass is 10.2. The zero-order chi connectivity index (χ0) is 11.2. The molecule has 0 aromatic rings. The second-order valence-corrected chi connectivity index (χ2v) is 4.53. The predicted octanol–water partition coefficient (Wildman–Crippen LogP) is -0.851. The van der Waals surface area contributed by atoms with E-state index in [1.807, 2.05) is 0 Å². The van der Waals surface area contributed by atoms with E-state index >= 15 is 0 Å². The van der Waals surface area contributed by atoms with Crippen molar-refractivity contribution in [3.63, 3.8) is 0 Å². The van der Waals surface area contributed by atoms with Gasteiger partial charge in [-0.2, -0.15) is 0 Å². The first-order valence-electron chi connectivity index (χ1n) is 4.50. The molecule has 7 heteroatoms. The predicted molar refractivity (Wildman–Crippen MR) is 53.6 cm³/mol. The molecule has 15 heavy (non-hydrogen) atoms. The molecule has 2 aliphatic heterocycles. The lowest BCUT2D eigenvalue weighted by Gasteiger charge is -2.37. The molecule has 1 fully saturated rings. The highest BCUT2D eigenvalue weighted by atomic mass is 79.9. The molecule has 0 bridgehead atoms. The van der Waals surface area contributed by atoms with Crippen LogP contribution in [0, 0.1) is 5.92 Å². The Bertz CT molecular complexity index is 322. The van der Waals surface area contributed by atoms with Crippen LogP contribution in [0.5, 0.6) is 0 Å². The molecule has 0 aromatic carbocycles. The van der Waals surface area contributed by atoms with E-state index < -0.39 is 24.3 Å². The third-order valence-electron chi connectivity index (χ3n) is 2.64. The van der Waals surface area contributed by atoms with Crippen molar-refractivity contribution in [2.24, 2.45) is 5.92 Å². The van der Waals surface area contributed by atoms with E-state index in [-0.39, 0.29) is 13.1 Å². The summed E-state index contributed by atoms with van der Waals surface area (Å²) in [7, 11) is 0. The quantitative estimate of drug-likeness (QED) is 0.580. The lowest BCUT2D eigenvalue weighted by Crippen LogP contribution is -2.51. The Morgan fingerprint density at radius 2 is 2.00 bits per heavy atom. The maximum absolute atomic E-state index is 10.8. The van der Waals surface area contributed by atoms with Gasteiger partial charge in [-0.3, -0.25) is 4.79 Å². The van der Waals surface area contributed by atoms with Gasteiger partial charge in [-0.25, -0.2) is 10.0 Å². The summed E-state index contributed by atoms with van der Waals surface area (Å²) >= 11 is 3.12. The minimum absolute atomic E-state index is 0.205. The Kier molecular flexibility index (Phi) is 2.82. The fraction of sp³-hybridized carbons (Fsp3) is 0.625. The van der Waals surface area contributed by atoms with Crippen molar-refractivity contribution in [1.82, 2.24) is 10.0 Å². The largest absolute Gasteiger partial charge is 0.481 e. The van der Waals surface area contributed by atoms with Gasteiger partial charge in [0.2, 0.25) is 0 Å². The van der Waals surface area contributed by atoms with E-state index in [4.69, 9.17) is 5.11 Å². The number of fused-ring (bicyclic) bond motifs is 1. The van der Waals surface area contributed by atoms with E-state index in [2.05, 4.69) is 15.9 Å². The molecule has 84 valence electrons. The number of rotatable bonds is 1. The fourth-order valence-corrected chi connectivity index (χ4v) is 2.31. The van der Waals surface area contributed by atoms with Crippen LogP contribution in [0.4, 0.5) is 0 Å². The van der Waals surface area contributed by atoms with Gasteiger partial charge in [0, 0.05) is 17.6 Å². The number of carbonyl (C=O) groups is 1. The first kappa shape index (κ1) is 11.0. The molecule has 3 N–H and O–H groups in total. The monoisotopic (exact) mass is 278 g/mol. The molecule has 0 spiro atoms. The molecule has 0 aromatic heterocycles. The van der Waals surface area contributed by atoms with Crippen molar-refractivity contribution in [3.05, 3.63) is 10.6 Å². The molecule has 0 aliphatic carbocycles. The maximum Gasteiger partial charge on any atom is 0.309 e. The normalized spacial score (nSPS) is 37.5. The van der Waals surface area contributed by atoms with Crippen molar-refractivity contribution >= 4 is 21.9 Å². The van der Waals surface area contributed by atoms with Crippen molar-refractivity contribution in [2.75, 3.05) is 13.1 Å². The number of carboxylic acid groups (broad SMARTS) is 1. The first-order chi connectivity index (χ1) is 7.00.